The molecule has 0 unspecified atom stereocenters. The SMILES string of the molecule is C[C@@H](Sc1nnc(-c2cccc(Cl)c2)o1)C(=O)Nc1ccc(F)cc1. The van der Waals surface area contributed by atoms with Crippen molar-refractivity contribution in [2.24, 2.45) is 0 Å². The summed E-state index contributed by atoms with van der Waals surface area (Å²) in [6.45, 7) is 1.72. The number of benzene rings is 2. The zero-order valence-electron chi connectivity index (χ0n) is 13.1. The molecule has 3 aromatic rings. The molecule has 0 aliphatic carbocycles. The number of rotatable bonds is 5. The number of thioether (sulfide) groups is 1. The van der Waals surface area contributed by atoms with Gasteiger partial charge in [-0.15, -0.1) is 10.2 Å². The van der Waals surface area contributed by atoms with E-state index >= 15 is 0 Å². The van der Waals surface area contributed by atoms with E-state index in [1.807, 2.05) is 0 Å². The van der Waals surface area contributed by atoms with Crippen molar-refractivity contribution in [2.45, 2.75) is 17.4 Å². The lowest BCUT2D eigenvalue weighted by atomic mass is 10.2. The number of carbonyl (C=O) groups excluding carboxylic acids is 1. The Morgan fingerprint density at radius 3 is 2.72 bits per heavy atom. The largest absolute Gasteiger partial charge is 0.411 e. The fourth-order valence-corrected chi connectivity index (χ4v) is 2.85. The minimum atomic E-state index is -0.474. The van der Waals surface area contributed by atoms with Crippen LogP contribution in [0.25, 0.3) is 11.5 Å². The van der Waals surface area contributed by atoms with Crippen molar-refractivity contribution < 1.29 is 13.6 Å². The maximum atomic E-state index is 12.9. The molecule has 1 amide bonds. The third-order valence-electron chi connectivity index (χ3n) is 3.24. The minimum Gasteiger partial charge on any atom is -0.411 e. The van der Waals surface area contributed by atoms with Crippen LogP contribution in [0.2, 0.25) is 5.02 Å². The number of hydrogen-bond acceptors (Lipinski definition) is 5. The number of amides is 1. The van der Waals surface area contributed by atoms with Crippen molar-refractivity contribution in [3.05, 3.63) is 59.4 Å². The summed E-state index contributed by atoms with van der Waals surface area (Å²) < 4.78 is 18.4. The molecule has 5 nitrogen and oxygen atoms in total. The molecule has 8 heteroatoms. The molecule has 0 saturated heterocycles. The van der Waals surface area contributed by atoms with Crippen molar-refractivity contribution in [3.8, 4) is 11.5 Å². The van der Waals surface area contributed by atoms with Gasteiger partial charge in [0.25, 0.3) is 5.22 Å². The van der Waals surface area contributed by atoms with E-state index in [9.17, 15) is 9.18 Å². The van der Waals surface area contributed by atoms with Crippen molar-refractivity contribution >= 4 is 35.0 Å². The number of carbonyl (C=O) groups is 1. The molecule has 2 aromatic carbocycles. The molecule has 128 valence electrons. The number of aromatic nitrogens is 2. The van der Waals surface area contributed by atoms with E-state index < -0.39 is 5.25 Å². The van der Waals surface area contributed by atoms with Gasteiger partial charge in [-0.25, -0.2) is 4.39 Å². The Kier molecular flexibility index (Phi) is 5.35. The van der Waals surface area contributed by atoms with Crippen molar-refractivity contribution in [2.75, 3.05) is 5.32 Å². The van der Waals surface area contributed by atoms with Crippen LogP contribution in [0, 0.1) is 5.82 Å². The Balaban J connectivity index is 1.64. The van der Waals surface area contributed by atoms with Gasteiger partial charge in [-0.3, -0.25) is 4.79 Å². The highest BCUT2D eigenvalue weighted by molar-refractivity contribution is 8.00. The first kappa shape index (κ1) is 17.4. The molecule has 1 atom stereocenters. The fourth-order valence-electron chi connectivity index (χ4n) is 1.98. The van der Waals surface area contributed by atoms with Gasteiger partial charge in [0.05, 0.1) is 5.25 Å². The summed E-state index contributed by atoms with van der Waals surface area (Å²) in [6, 6.07) is 12.6. The van der Waals surface area contributed by atoms with Crippen LogP contribution >= 0.6 is 23.4 Å². The molecule has 0 aliphatic heterocycles. The summed E-state index contributed by atoms with van der Waals surface area (Å²) in [5, 5.41) is 11.0. The number of nitrogens with one attached hydrogen (secondary N) is 1. The number of halogens is 2. The molecular formula is C17H13ClFN3O2S. The molecule has 0 radical (unpaired) electrons. The highest BCUT2D eigenvalue weighted by atomic mass is 35.5. The summed E-state index contributed by atoms with van der Waals surface area (Å²) in [6.07, 6.45) is 0. The van der Waals surface area contributed by atoms with Gasteiger partial charge in [-0.2, -0.15) is 0 Å². The summed E-state index contributed by atoms with van der Waals surface area (Å²) in [5.74, 6) is -0.282. The van der Waals surface area contributed by atoms with Crippen molar-refractivity contribution in [1.29, 1.82) is 0 Å². The lowest BCUT2D eigenvalue weighted by Gasteiger charge is -2.09. The van der Waals surface area contributed by atoms with E-state index in [1.54, 1.807) is 31.2 Å². The topological polar surface area (TPSA) is 68.0 Å². The van der Waals surface area contributed by atoms with Crippen LogP contribution in [0.4, 0.5) is 10.1 Å². The van der Waals surface area contributed by atoms with Crippen LogP contribution in [-0.2, 0) is 4.79 Å². The summed E-state index contributed by atoms with van der Waals surface area (Å²) in [4.78, 5) is 12.2. The fraction of sp³-hybridized carbons (Fsp3) is 0.118. The standard InChI is InChI=1S/C17H13ClFN3O2S/c1-10(15(23)20-14-7-5-13(19)6-8-14)25-17-22-21-16(24-17)11-3-2-4-12(18)9-11/h2-10H,1H3,(H,20,23)/t10-/m1/s1. The minimum absolute atomic E-state index is 0.251. The van der Waals surface area contributed by atoms with Gasteiger partial charge >= 0.3 is 0 Å². The van der Waals surface area contributed by atoms with Gasteiger partial charge in [0.15, 0.2) is 0 Å². The Bertz CT molecular complexity index is 886. The van der Waals surface area contributed by atoms with E-state index in [1.165, 1.54) is 24.3 Å². The first-order chi connectivity index (χ1) is 12.0. The second-order valence-corrected chi connectivity index (χ2v) is 6.87. The third-order valence-corrected chi connectivity index (χ3v) is 4.41. The highest BCUT2D eigenvalue weighted by Gasteiger charge is 2.19. The predicted molar refractivity (Wildman–Crippen MR) is 95.1 cm³/mol. The normalized spacial score (nSPS) is 12.0. The molecule has 1 aromatic heterocycles. The molecule has 0 spiro atoms. The predicted octanol–water partition coefficient (Wildman–Crippen LogP) is 4.65. The van der Waals surface area contributed by atoms with E-state index in [4.69, 9.17) is 16.0 Å². The molecule has 0 bridgehead atoms. The van der Waals surface area contributed by atoms with Crippen LogP contribution < -0.4 is 5.32 Å². The zero-order chi connectivity index (χ0) is 17.8. The second kappa shape index (κ2) is 7.67. The average Bonchev–Trinajstić information content (AvgIpc) is 3.05. The molecule has 0 fully saturated rings. The molecule has 1 heterocycles. The Morgan fingerprint density at radius 2 is 2.00 bits per heavy atom. The lowest BCUT2D eigenvalue weighted by molar-refractivity contribution is -0.115. The van der Waals surface area contributed by atoms with Crippen molar-refractivity contribution in [3.63, 3.8) is 0 Å². The number of hydrogen-bond donors (Lipinski definition) is 1. The molecule has 25 heavy (non-hydrogen) atoms. The third kappa shape index (κ3) is 4.58. The molecular weight excluding hydrogens is 365 g/mol. The van der Waals surface area contributed by atoms with Gasteiger partial charge in [0.2, 0.25) is 11.8 Å². The van der Waals surface area contributed by atoms with Crippen molar-refractivity contribution in [1.82, 2.24) is 10.2 Å². The first-order valence-corrected chi connectivity index (χ1v) is 8.59. The van der Waals surface area contributed by atoms with Crippen LogP contribution in [0.3, 0.4) is 0 Å². The van der Waals surface area contributed by atoms with Gasteiger partial charge in [0, 0.05) is 16.3 Å². The van der Waals surface area contributed by atoms with Gasteiger partial charge in [0.1, 0.15) is 5.82 Å². The van der Waals surface area contributed by atoms with Gasteiger partial charge in [-0.05, 0) is 49.4 Å². The van der Waals surface area contributed by atoms with Crippen LogP contribution in [0.5, 0.6) is 0 Å². The molecule has 0 saturated carbocycles. The number of anilines is 1. The highest BCUT2D eigenvalue weighted by Crippen LogP contribution is 2.27. The molecule has 3 rings (SSSR count). The van der Waals surface area contributed by atoms with E-state index in [0.717, 1.165) is 11.8 Å². The van der Waals surface area contributed by atoms with Gasteiger partial charge < -0.3 is 9.73 Å². The van der Waals surface area contributed by atoms with Crippen LogP contribution in [0.15, 0.2) is 58.2 Å². The van der Waals surface area contributed by atoms with E-state index in [-0.39, 0.29) is 16.9 Å². The quantitative estimate of drug-likeness (QED) is 0.655. The summed E-state index contributed by atoms with van der Waals surface area (Å²) in [7, 11) is 0. The van der Waals surface area contributed by atoms with Crippen LogP contribution in [-0.4, -0.2) is 21.4 Å². The Morgan fingerprint density at radius 1 is 1.24 bits per heavy atom. The smallest absolute Gasteiger partial charge is 0.277 e. The monoisotopic (exact) mass is 377 g/mol. The van der Waals surface area contributed by atoms with Crippen LogP contribution in [0.1, 0.15) is 6.92 Å². The first-order valence-electron chi connectivity index (χ1n) is 7.34. The maximum absolute atomic E-state index is 12.9. The van der Waals surface area contributed by atoms with E-state index in [2.05, 4.69) is 15.5 Å². The molecule has 0 aliphatic rings. The number of nitrogens with zero attached hydrogens (tertiary/aromatic N) is 2. The Labute approximate surface area is 152 Å². The zero-order valence-corrected chi connectivity index (χ0v) is 14.6. The Hall–Kier alpha value is -2.38. The summed E-state index contributed by atoms with van der Waals surface area (Å²) >= 11 is 7.08. The summed E-state index contributed by atoms with van der Waals surface area (Å²) in [5.41, 5.74) is 1.22. The van der Waals surface area contributed by atoms with E-state index in [0.29, 0.717) is 22.2 Å². The molecule has 1 N–H and O–H groups in total. The average molecular weight is 378 g/mol. The second-order valence-electron chi connectivity index (χ2n) is 5.14. The van der Waals surface area contributed by atoms with Gasteiger partial charge in [-0.1, -0.05) is 29.4 Å². The maximum Gasteiger partial charge on any atom is 0.277 e. The lowest BCUT2D eigenvalue weighted by Crippen LogP contribution is -2.22.